The highest BCUT2D eigenvalue weighted by molar-refractivity contribution is 7.98. The third-order valence-corrected chi connectivity index (χ3v) is 3.74. The zero-order valence-electron chi connectivity index (χ0n) is 10.9. The molecular formula is C16H14N2S. The summed E-state index contributed by atoms with van der Waals surface area (Å²) < 4.78 is 0. The lowest BCUT2D eigenvalue weighted by Crippen LogP contribution is -1.93. The number of rotatable bonds is 2. The summed E-state index contributed by atoms with van der Waals surface area (Å²) >= 11 is 1.66. The summed E-state index contributed by atoms with van der Waals surface area (Å²) in [7, 11) is 0. The minimum Gasteiger partial charge on any atom is -0.228 e. The molecule has 2 nitrogen and oxygen atoms in total. The van der Waals surface area contributed by atoms with Crippen LogP contribution in [0.2, 0.25) is 0 Å². The number of para-hydroxylation sites is 1. The Kier molecular flexibility index (Phi) is 3.22. The maximum absolute atomic E-state index is 4.68. The molecule has 0 aliphatic heterocycles. The highest BCUT2D eigenvalue weighted by atomic mass is 32.2. The summed E-state index contributed by atoms with van der Waals surface area (Å²) in [4.78, 5) is 9.35. The summed E-state index contributed by atoms with van der Waals surface area (Å²) in [6.45, 7) is 2.08. The van der Waals surface area contributed by atoms with E-state index in [1.807, 2.05) is 24.3 Å². The lowest BCUT2D eigenvalue weighted by Gasteiger charge is -2.07. The van der Waals surface area contributed by atoms with Gasteiger partial charge in [0.15, 0.2) is 5.82 Å². The Morgan fingerprint density at radius 1 is 0.947 bits per heavy atom. The van der Waals surface area contributed by atoms with Gasteiger partial charge in [-0.15, -0.1) is 11.8 Å². The van der Waals surface area contributed by atoms with Gasteiger partial charge >= 0.3 is 0 Å². The molecule has 94 valence electrons. The van der Waals surface area contributed by atoms with E-state index in [4.69, 9.17) is 0 Å². The fourth-order valence-corrected chi connectivity index (χ4v) is 2.69. The molecule has 0 bridgehead atoms. The molecule has 0 unspecified atom stereocenters. The topological polar surface area (TPSA) is 25.8 Å². The smallest absolute Gasteiger partial charge is 0.161 e. The van der Waals surface area contributed by atoms with Gasteiger partial charge in [-0.3, -0.25) is 0 Å². The molecule has 0 N–H and O–H groups in total. The average molecular weight is 266 g/mol. The molecule has 3 heteroatoms. The molecule has 19 heavy (non-hydrogen) atoms. The lowest BCUT2D eigenvalue weighted by atomic mass is 10.1. The molecule has 2 aromatic carbocycles. The molecule has 0 saturated carbocycles. The minimum atomic E-state index is 0.798. The first-order chi connectivity index (χ1) is 9.28. The summed E-state index contributed by atoms with van der Waals surface area (Å²) in [6, 6.07) is 16.5. The molecule has 1 heterocycles. The largest absolute Gasteiger partial charge is 0.228 e. The molecule has 0 radical (unpaired) electrons. The van der Waals surface area contributed by atoms with Gasteiger partial charge in [0.2, 0.25) is 0 Å². The van der Waals surface area contributed by atoms with Crippen molar-refractivity contribution in [2.24, 2.45) is 0 Å². The Balaban J connectivity index is 2.25. The lowest BCUT2D eigenvalue weighted by molar-refractivity contribution is 1.11. The Morgan fingerprint density at radius 3 is 2.58 bits per heavy atom. The second-order valence-electron chi connectivity index (χ2n) is 4.44. The Hall–Kier alpha value is -1.87. The van der Waals surface area contributed by atoms with Crippen LogP contribution in [-0.4, -0.2) is 16.2 Å². The van der Waals surface area contributed by atoms with Crippen LogP contribution >= 0.6 is 11.8 Å². The number of benzene rings is 2. The van der Waals surface area contributed by atoms with Gasteiger partial charge in [-0.25, -0.2) is 9.97 Å². The SMILES string of the molecule is CSc1nc(-c2cccc(C)c2)nc2ccccc12. The van der Waals surface area contributed by atoms with Crippen LogP contribution < -0.4 is 0 Å². The van der Waals surface area contributed by atoms with E-state index in [9.17, 15) is 0 Å². The van der Waals surface area contributed by atoms with Crippen molar-refractivity contribution in [2.75, 3.05) is 6.26 Å². The van der Waals surface area contributed by atoms with E-state index in [2.05, 4.69) is 47.4 Å². The van der Waals surface area contributed by atoms with Crippen molar-refractivity contribution in [3.8, 4) is 11.4 Å². The molecule has 0 aliphatic carbocycles. The normalized spacial score (nSPS) is 10.8. The standard InChI is InChI=1S/C16H14N2S/c1-11-6-5-7-12(10-11)15-17-14-9-4-3-8-13(14)16(18-15)19-2/h3-10H,1-2H3. The zero-order chi connectivity index (χ0) is 13.2. The molecule has 0 spiro atoms. The third kappa shape index (κ3) is 2.34. The number of aryl methyl sites for hydroxylation is 1. The van der Waals surface area contributed by atoms with E-state index < -0.39 is 0 Å². The van der Waals surface area contributed by atoms with E-state index >= 15 is 0 Å². The van der Waals surface area contributed by atoms with Crippen LogP contribution in [0.15, 0.2) is 53.6 Å². The number of fused-ring (bicyclic) bond motifs is 1. The highest BCUT2D eigenvalue weighted by Gasteiger charge is 2.08. The molecule has 0 atom stereocenters. The Bertz CT molecular complexity index is 738. The fraction of sp³-hybridized carbons (Fsp3) is 0.125. The summed E-state index contributed by atoms with van der Waals surface area (Å²) in [5.41, 5.74) is 3.29. The fourth-order valence-electron chi connectivity index (χ4n) is 2.12. The molecular weight excluding hydrogens is 252 g/mol. The molecule has 0 fully saturated rings. The van der Waals surface area contributed by atoms with Crippen molar-refractivity contribution >= 4 is 22.7 Å². The third-order valence-electron chi connectivity index (χ3n) is 3.04. The molecule has 3 aromatic rings. The van der Waals surface area contributed by atoms with Crippen molar-refractivity contribution in [3.05, 3.63) is 54.1 Å². The van der Waals surface area contributed by atoms with Gasteiger partial charge in [0.05, 0.1) is 5.52 Å². The van der Waals surface area contributed by atoms with Crippen molar-refractivity contribution in [3.63, 3.8) is 0 Å². The quantitative estimate of drug-likeness (QED) is 0.510. The first-order valence-electron chi connectivity index (χ1n) is 6.16. The second-order valence-corrected chi connectivity index (χ2v) is 5.24. The van der Waals surface area contributed by atoms with Gasteiger partial charge < -0.3 is 0 Å². The van der Waals surface area contributed by atoms with Crippen LogP contribution in [0.1, 0.15) is 5.56 Å². The van der Waals surface area contributed by atoms with Gasteiger partial charge in [0.1, 0.15) is 5.03 Å². The van der Waals surface area contributed by atoms with Crippen LogP contribution in [0.25, 0.3) is 22.3 Å². The number of hydrogen-bond donors (Lipinski definition) is 0. The molecule has 0 aliphatic rings. The highest BCUT2D eigenvalue weighted by Crippen LogP contribution is 2.27. The van der Waals surface area contributed by atoms with Crippen molar-refractivity contribution in [1.29, 1.82) is 0 Å². The number of aromatic nitrogens is 2. The number of thioether (sulfide) groups is 1. The van der Waals surface area contributed by atoms with Gasteiger partial charge in [-0.1, -0.05) is 42.0 Å². The van der Waals surface area contributed by atoms with Crippen molar-refractivity contribution < 1.29 is 0 Å². The van der Waals surface area contributed by atoms with Gasteiger partial charge in [0, 0.05) is 10.9 Å². The van der Waals surface area contributed by atoms with E-state index in [1.165, 1.54) is 5.56 Å². The van der Waals surface area contributed by atoms with E-state index in [0.29, 0.717) is 0 Å². The van der Waals surface area contributed by atoms with E-state index in [1.54, 1.807) is 11.8 Å². The zero-order valence-corrected chi connectivity index (χ0v) is 11.7. The van der Waals surface area contributed by atoms with E-state index in [0.717, 1.165) is 27.3 Å². The molecule has 0 saturated heterocycles. The average Bonchev–Trinajstić information content (AvgIpc) is 2.46. The summed E-state index contributed by atoms with van der Waals surface area (Å²) in [5, 5.41) is 2.15. The minimum absolute atomic E-state index is 0.798. The second kappa shape index (κ2) is 5.02. The molecule has 0 amide bonds. The van der Waals surface area contributed by atoms with Crippen LogP contribution in [0.3, 0.4) is 0 Å². The Morgan fingerprint density at radius 2 is 1.79 bits per heavy atom. The molecule has 1 aromatic heterocycles. The van der Waals surface area contributed by atoms with Crippen LogP contribution in [-0.2, 0) is 0 Å². The number of nitrogens with zero attached hydrogens (tertiary/aromatic N) is 2. The first kappa shape index (κ1) is 12.2. The molecule has 3 rings (SSSR count). The predicted octanol–water partition coefficient (Wildman–Crippen LogP) is 4.33. The first-order valence-corrected chi connectivity index (χ1v) is 7.38. The maximum atomic E-state index is 4.68. The van der Waals surface area contributed by atoms with Crippen LogP contribution in [0.4, 0.5) is 0 Å². The van der Waals surface area contributed by atoms with Gasteiger partial charge in [-0.05, 0) is 25.3 Å². The summed E-state index contributed by atoms with van der Waals surface area (Å²) in [6.07, 6.45) is 2.05. The van der Waals surface area contributed by atoms with Crippen molar-refractivity contribution in [2.45, 2.75) is 11.9 Å². The maximum Gasteiger partial charge on any atom is 0.161 e. The Labute approximate surface area is 116 Å². The number of hydrogen-bond acceptors (Lipinski definition) is 3. The van der Waals surface area contributed by atoms with E-state index in [-0.39, 0.29) is 0 Å². The summed E-state index contributed by atoms with van der Waals surface area (Å²) in [5.74, 6) is 0.798. The van der Waals surface area contributed by atoms with Crippen molar-refractivity contribution in [1.82, 2.24) is 9.97 Å². The van der Waals surface area contributed by atoms with Gasteiger partial charge in [0.25, 0.3) is 0 Å². The van der Waals surface area contributed by atoms with Crippen LogP contribution in [0, 0.1) is 6.92 Å². The monoisotopic (exact) mass is 266 g/mol. The van der Waals surface area contributed by atoms with Gasteiger partial charge in [-0.2, -0.15) is 0 Å². The van der Waals surface area contributed by atoms with Crippen LogP contribution in [0.5, 0.6) is 0 Å². The predicted molar refractivity (Wildman–Crippen MR) is 81.5 cm³/mol.